The van der Waals surface area contributed by atoms with E-state index >= 15 is 0 Å². The van der Waals surface area contributed by atoms with E-state index in [2.05, 4.69) is 38.4 Å². The zero-order chi connectivity index (χ0) is 32.7. The van der Waals surface area contributed by atoms with Crippen LogP contribution >= 0.6 is 0 Å². The number of imidazole rings is 1. The number of aromatic nitrogens is 4. The number of piperidine rings is 1. The molecule has 10 nitrogen and oxygen atoms in total. The van der Waals surface area contributed by atoms with Crippen molar-refractivity contribution in [1.29, 1.82) is 0 Å². The molecule has 3 atom stereocenters. The SMILES string of the molecule is COc1cc(C(=O)N2C[C@H]3CC[C@@H]2C3N)cc2nc(-c3cc4cccc(C5CN(C(=O)Cc6cccnc6)C5)c4n3CC3CC3)n(C)c12. The topological polar surface area (TPSA) is 112 Å². The normalized spacial score (nSPS) is 22.2. The molecule has 2 N–H and O–H groups in total. The van der Waals surface area contributed by atoms with Gasteiger partial charge in [0.1, 0.15) is 11.3 Å². The molecule has 2 amide bonds. The summed E-state index contributed by atoms with van der Waals surface area (Å²) in [6, 6.07) is 16.6. The Morgan fingerprint density at radius 1 is 1.00 bits per heavy atom. The lowest BCUT2D eigenvalue weighted by Gasteiger charge is -2.40. The first-order chi connectivity index (χ1) is 23.4. The second-order valence-corrected chi connectivity index (χ2v) is 14.4. The highest BCUT2D eigenvalue weighted by Crippen LogP contribution is 2.42. The molecular formula is C38H41N7O3. The Hall–Kier alpha value is -4.70. The first-order valence-corrected chi connectivity index (χ1v) is 17.3. The van der Waals surface area contributed by atoms with Gasteiger partial charge in [0.05, 0.1) is 30.3 Å². The van der Waals surface area contributed by atoms with Crippen molar-refractivity contribution >= 4 is 33.8 Å². The third kappa shape index (κ3) is 4.71. The van der Waals surface area contributed by atoms with Gasteiger partial charge in [-0.1, -0.05) is 24.3 Å². The molecule has 5 aromatic rings. The molecule has 2 bridgehead atoms. The number of rotatable bonds is 8. The minimum absolute atomic E-state index is 0.00556. The number of aryl methyl sites for hydroxylation is 1. The Bertz CT molecular complexity index is 2070. The van der Waals surface area contributed by atoms with E-state index in [1.54, 1.807) is 19.5 Å². The van der Waals surface area contributed by atoms with Crippen molar-refractivity contribution in [1.82, 2.24) is 28.9 Å². The third-order valence-corrected chi connectivity index (χ3v) is 11.4. The Morgan fingerprint density at radius 2 is 1.85 bits per heavy atom. The number of carbonyl (C=O) groups is 2. The van der Waals surface area contributed by atoms with Crippen LogP contribution in [-0.4, -0.2) is 79.5 Å². The molecule has 2 aromatic carbocycles. The maximum Gasteiger partial charge on any atom is 0.254 e. The fourth-order valence-electron chi connectivity index (χ4n) is 8.55. The molecule has 10 heteroatoms. The van der Waals surface area contributed by atoms with E-state index in [-0.39, 0.29) is 29.8 Å². The first kappa shape index (κ1) is 29.4. The first-order valence-electron chi connectivity index (χ1n) is 17.3. The van der Waals surface area contributed by atoms with Crippen LogP contribution in [0.4, 0.5) is 0 Å². The van der Waals surface area contributed by atoms with Crippen LogP contribution in [0.15, 0.2) is 60.9 Å². The number of carbonyl (C=O) groups excluding carboxylic acids is 2. The van der Waals surface area contributed by atoms with Gasteiger partial charge in [-0.2, -0.15) is 0 Å². The summed E-state index contributed by atoms with van der Waals surface area (Å²) < 4.78 is 10.5. The van der Waals surface area contributed by atoms with Gasteiger partial charge in [-0.05, 0) is 72.9 Å². The number of pyridine rings is 1. The van der Waals surface area contributed by atoms with E-state index in [0.717, 1.165) is 54.0 Å². The van der Waals surface area contributed by atoms with Crippen molar-refractivity contribution < 1.29 is 14.3 Å². The van der Waals surface area contributed by atoms with Gasteiger partial charge in [-0.25, -0.2) is 4.98 Å². The summed E-state index contributed by atoms with van der Waals surface area (Å²) in [4.78, 5) is 40.1. The molecule has 2 saturated heterocycles. The minimum Gasteiger partial charge on any atom is -0.494 e. The molecule has 0 radical (unpaired) electrons. The zero-order valence-electron chi connectivity index (χ0n) is 27.5. The Labute approximate surface area is 279 Å². The highest BCUT2D eigenvalue weighted by atomic mass is 16.5. The van der Waals surface area contributed by atoms with Crippen molar-refractivity contribution in [2.45, 2.75) is 56.7 Å². The maximum atomic E-state index is 13.8. The maximum absolute atomic E-state index is 13.8. The molecule has 5 heterocycles. The monoisotopic (exact) mass is 643 g/mol. The van der Waals surface area contributed by atoms with E-state index in [0.29, 0.717) is 42.7 Å². The summed E-state index contributed by atoms with van der Waals surface area (Å²) in [6.45, 7) is 3.07. The second kappa shape index (κ2) is 11.2. The quantitative estimate of drug-likeness (QED) is 0.262. The summed E-state index contributed by atoms with van der Waals surface area (Å²) in [5.74, 6) is 2.94. The minimum atomic E-state index is 0.00556. The van der Waals surface area contributed by atoms with Crippen LogP contribution in [0.5, 0.6) is 5.75 Å². The van der Waals surface area contributed by atoms with Crippen molar-refractivity contribution in [2.24, 2.45) is 24.6 Å². The average Bonchev–Trinajstić information content (AvgIpc) is 3.46. The predicted octanol–water partition coefficient (Wildman–Crippen LogP) is 4.74. The number of nitrogens with zero attached hydrogens (tertiary/aromatic N) is 6. The molecule has 2 aliphatic carbocycles. The molecule has 1 unspecified atom stereocenters. The summed E-state index contributed by atoms with van der Waals surface area (Å²) >= 11 is 0. The van der Waals surface area contributed by atoms with Crippen LogP contribution in [0.25, 0.3) is 33.5 Å². The Morgan fingerprint density at radius 3 is 2.56 bits per heavy atom. The van der Waals surface area contributed by atoms with Crippen LogP contribution in [-0.2, 0) is 24.8 Å². The largest absolute Gasteiger partial charge is 0.494 e. The number of hydrogen-bond acceptors (Lipinski definition) is 6. The molecule has 2 saturated carbocycles. The number of methoxy groups -OCH3 is 1. The number of nitrogens with two attached hydrogens (primary N) is 1. The van der Waals surface area contributed by atoms with Crippen LogP contribution in [0.3, 0.4) is 0 Å². The van der Waals surface area contributed by atoms with Crippen molar-refractivity contribution in [2.75, 3.05) is 26.7 Å². The van der Waals surface area contributed by atoms with Gasteiger partial charge in [0.25, 0.3) is 5.91 Å². The molecule has 0 spiro atoms. The van der Waals surface area contributed by atoms with Crippen LogP contribution in [0.2, 0.25) is 0 Å². The predicted molar refractivity (Wildman–Crippen MR) is 184 cm³/mol. The number of ether oxygens (including phenoxy) is 1. The number of benzene rings is 2. The van der Waals surface area contributed by atoms with Crippen LogP contribution in [0.1, 0.15) is 53.1 Å². The van der Waals surface area contributed by atoms with Gasteiger partial charge in [-0.15, -0.1) is 0 Å². The molecule has 2 aliphatic heterocycles. The van der Waals surface area contributed by atoms with Crippen LogP contribution < -0.4 is 10.5 Å². The van der Waals surface area contributed by atoms with Gasteiger partial charge >= 0.3 is 0 Å². The number of para-hydroxylation sites is 1. The molecule has 246 valence electrons. The number of likely N-dealkylation sites (tertiary alicyclic amines) is 2. The number of fused-ring (bicyclic) bond motifs is 4. The second-order valence-electron chi connectivity index (χ2n) is 14.4. The summed E-state index contributed by atoms with van der Waals surface area (Å²) in [5.41, 5.74) is 13.2. The highest BCUT2D eigenvalue weighted by molar-refractivity contribution is 6.00. The van der Waals surface area contributed by atoms with E-state index in [4.69, 9.17) is 15.5 Å². The van der Waals surface area contributed by atoms with Crippen LogP contribution in [0, 0.1) is 11.8 Å². The fourth-order valence-corrected chi connectivity index (χ4v) is 8.55. The number of hydrogen-bond donors (Lipinski definition) is 1. The van der Waals surface area contributed by atoms with E-state index in [1.807, 2.05) is 41.1 Å². The van der Waals surface area contributed by atoms with Gasteiger partial charge < -0.3 is 29.4 Å². The van der Waals surface area contributed by atoms with Crippen molar-refractivity contribution in [3.8, 4) is 17.3 Å². The van der Waals surface area contributed by atoms with Gasteiger partial charge in [0, 0.05) is 74.6 Å². The van der Waals surface area contributed by atoms with Gasteiger partial charge in [-0.3, -0.25) is 14.6 Å². The average molecular weight is 644 g/mol. The van der Waals surface area contributed by atoms with E-state index < -0.39 is 0 Å². The molecular weight excluding hydrogens is 602 g/mol. The lowest BCUT2D eigenvalue weighted by molar-refractivity contribution is -0.134. The Balaban J connectivity index is 1.07. The van der Waals surface area contributed by atoms with E-state index in [9.17, 15) is 9.59 Å². The van der Waals surface area contributed by atoms with Gasteiger partial charge in [0.2, 0.25) is 5.91 Å². The Kier molecular flexibility index (Phi) is 6.86. The molecule has 4 fully saturated rings. The molecule has 4 aliphatic rings. The lowest BCUT2D eigenvalue weighted by atomic mass is 9.89. The van der Waals surface area contributed by atoms with Crippen molar-refractivity contribution in [3.05, 3.63) is 77.6 Å². The summed E-state index contributed by atoms with van der Waals surface area (Å²) in [6.07, 6.45) is 8.40. The third-order valence-electron chi connectivity index (χ3n) is 11.4. The summed E-state index contributed by atoms with van der Waals surface area (Å²) in [7, 11) is 3.69. The van der Waals surface area contributed by atoms with Crippen molar-refractivity contribution in [3.63, 3.8) is 0 Å². The lowest BCUT2D eigenvalue weighted by Crippen LogP contribution is -2.49. The molecule has 48 heavy (non-hydrogen) atoms. The molecule has 9 rings (SSSR count). The standard InChI is InChI=1S/C38H41N7O3/c1-42-36-29(14-26(16-32(36)48-2)38(47)45-21-25-10-11-30(45)34(25)39)41-37(42)31-15-24-6-3-7-28(35(24)44(31)18-22-8-9-22)27-19-43(20-27)33(46)13-23-5-4-12-40-17-23/h3-7,12,14-17,22,25,27,30,34H,8-11,13,18-21,39H2,1-2H3/t25-,30-,34?/m1/s1. The molecule has 3 aromatic heterocycles. The highest BCUT2D eigenvalue weighted by Gasteiger charge is 2.47. The summed E-state index contributed by atoms with van der Waals surface area (Å²) in [5, 5.41) is 1.18. The smallest absolute Gasteiger partial charge is 0.254 e. The fraction of sp³-hybridized carbons (Fsp3) is 0.421. The zero-order valence-corrected chi connectivity index (χ0v) is 27.5. The number of amides is 2. The van der Waals surface area contributed by atoms with Gasteiger partial charge in [0.15, 0.2) is 5.82 Å². The van der Waals surface area contributed by atoms with E-state index in [1.165, 1.54) is 29.3 Å².